The van der Waals surface area contributed by atoms with Gasteiger partial charge in [-0.15, -0.1) is 0 Å². The summed E-state index contributed by atoms with van der Waals surface area (Å²) in [6, 6.07) is 0. The minimum Gasteiger partial charge on any atom is -0.481 e. The fraction of sp³-hybridized carbons (Fsp3) is 0.914. The number of carboxylic acids is 1. The quantitative estimate of drug-likeness (QED) is 0.00743. The average molecular weight is 1970 g/mol. The van der Waals surface area contributed by atoms with Crippen LogP contribution in [0.3, 0.4) is 0 Å². The Bertz CT molecular complexity index is 2770. The lowest BCUT2D eigenvalue weighted by atomic mass is 9.95. The number of hydrogen-bond acceptors (Lipinski definition) is 21. The van der Waals surface area contributed by atoms with Crippen LogP contribution in [0, 0.1) is 23.7 Å². The van der Waals surface area contributed by atoms with E-state index in [0.29, 0.717) is 102 Å². The highest BCUT2D eigenvalue weighted by molar-refractivity contribution is 5.71. The van der Waals surface area contributed by atoms with E-state index in [1.165, 1.54) is 221 Å². The van der Waals surface area contributed by atoms with E-state index in [2.05, 4.69) is 65.7 Å². The maximum atomic E-state index is 12.6. The highest BCUT2D eigenvalue weighted by Gasteiger charge is 2.37. The van der Waals surface area contributed by atoms with E-state index >= 15 is 0 Å². The van der Waals surface area contributed by atoms with Crippen LogP contribution in [0.15, 0.2) is 12.2 Å². The Morgan fingerprint density at radius 2 is 0.529 bits per heavy atom. The minimum absolute atomic E-state index is 0.0763. The summed E-state index contributed by atoms with van der Waals surface area (Å²) >= 11 is 0. The first-order valence-corrected chi connectivity index (χ1v) is 56.4. The first-order chi connectivity index (χ1) is 65.5. The number of ether oxygens (including phenoxy) is 7. The summed E-state index contributed by atoms with van der Waals surface area (Å²) in [7, 11) is 5.74. The molecule has 0 aromatic rings. The number of epoxide rings is 1. The molecular weight excluding hydrogens is 1750 g/mol. The van der Waals surface area contributed by atoms with Crippen molar-refractivity contribution in [1.82, 2.24) is 0 Å². The van der Waals surface area contributed by atoms with Crippen molar-refractivity contribution in [3.8, 4) is 0 Å². The van der Waals surface area contributed by atoms with Gasteiger partial charge in [0.15, 0.2) is 0 Å². The lowest BCUT2D eigenvalue weighted by Gasteiger charge is -2.24. The average Bonchev–Trinajstić information content (AvgIpc) is 1.70. The Balaban J connectivity index is -0.000000534. The molecule has 0 saturated carbocycles. The predicted octanol–water partition coefficient (Wildman–Crippen LogP) is 29.6. The minimum atomic E-state index is -0.740. The smallest absolute Gasteiger partial charge is 0.306 e. The van der Waals surface area contributed by atoms with Crippen LogP contribution in [0.25, 0.3) is 0 Å². The Hall–Kier alpha value is -4.58. The molecule has 0 spiro atoms. The monoisotopic (exact) mass is 1970 g/mol. The zero-order chi connectivity index (χ0) is 105. The van der Waals surface area contributed by atoms with Crippen LogP contribution in [0.2, 0.25) is 0 Å². The molecule has 138 heavy (non-hydrogen) atoms. The van der Waals surface area contributed by atoms with Gasteiger partial charge < -0.3 is 73.7 Å². The SMILES string of the molecule is CC(CC=O)CCCC(C)(C)O.CC(CCCC(C)(C)O)CC(=O)O.CCCCCCCC/C=C\CCCCCCCC(=O)OC.CCCCCCCCC(O)C(CCCCCCCC(=O)OC)OC(=O)CC(C)CCCC(C)(C)O.CCCCCCCCC(OC(=O)CC(C)CCCC(C)(C)O)C(O)CCCCCCCC(=O)OC.CCCCCCCCC1OC1CCCCCCCC(=O)OC. The molecule has 0 aromatic carbocycles. The summed E-state index contributed by atoms with van der Waals surface area (Å²) in [6.07, 6.45) is 78.0. The van der Waals surface area contributed by atoms with Crippen molar-refractivity contribution in [3.05, 3.63) is 12.2 Å². The van der Waals surface area contributed by atoms with Gasteiger partial charge in [0.25, 0.3) is 0 Å². The van der Waals surface area contributed by atoms with Gasteiger partial charge in [-0.3, -0.25) is 33.6 Å². The van der Waals surface area contributed by atoms with Crippen molar-refractivity contribution < 1.29 is 107 Å². The summed E-state index contributed by atoms with van der Waals surface area (Å²) < 4.78 is 35.9. The molecule has 0 aromatic heterocycles. The summed E-state index contributed by atoms with van der Waals surface area (Å²) in [6.45, 7) is 31.4. The van der Waals surface area contributed by atoms with Crippen LogP contribution in [-0.4, -0.2) is 171 Å². The summed E-state index contributed by atoms with van der Waals surface area (Å²) in [4.78, 5) is 89.9. The van der Waals surface area contributed by atoms with E-state index in [0.717, 1.165) is 186 Å². The van der Waals surface area contributed by atoms with E-state index in [1.54, 1.807) is 27.7 Å². The van der Waals surface area contributed by atoms with Gasteiger partial charge in [-0.2, -0.15) is 0 Å². The summed E-state index contributed by atoms with van der Waals surface area (Å²) in [5, 5.41) is 68.6. The van der Waals surface area contributed by atoms with Crippen LogP contribution in [-0.2, 0) is 71.5 Å². The molecule has 0 radical (unpaired) electrons. The Morgan fingerprint density at radius 1 is 0.297 bits per heavy atom. The third kappa shape index (κ3) is 115. The Morgan fingerprint density at radius 3 is 0.783 bits per heavy atom. The highest BCUT2D eigenvalue weighted by atomic mass is 16.6. The van der Waals surface area contributed by atoms with Gasteiger partial charge in [-0.25, -0.2) is 0 Å². The lowest BCUT2D eigenvalue weighted by molar-refractivity contribution is -0.158. The van der Waals surface area contributed by atoms with E-state index in [9.17, 15) is 69.0 Å². The highest BCUT2D eigenvalue weighted by Crippen LogP contribution is 2.33. The Kier molecular flexibility index (Phi) is 101. The third-order valence-electron chi connectivity index (χ3n) is 25.8. The van der Waals surface area contributed by atoms with Crippen molar-refractivity contribution >= 4 is 48.1 Å². The second-order valence-electron chi connectivity index (χ2n) is 43.3. The number of hydrogen-bond donors (Lipinski definition) is 7. The molecular formula is C116H224O22. The molecule has 0 aliphatic carbocycles. The second kappa shape index (κ2) is 98.4. The number of carbonyl (C=O) groups is 8. The lowest BCUT2D eigenvalue weighted by Crippen LogP contribution is -2.32. The van der Waals surface area contributed by atoms with Gasteiger partial charge in [0.2, 0.25) is 0 Å². The molecule has 7 N–H and O–H groups in total. The van der Waals surface area contributed by atoms with Crippen LogP contribution >= 0.6 is 0 Å². The van der Waals surface area contributed by atoms with Crippen molar-refractivity contribution in [1.29, 1.82) is 0 Å². The van der Waals surface area contributed by atoms with Crippen molar-refractivity contribution in [2.24, 2.45) is 23.7 Å². The first kappa shape index (κ1) is 142. The summed E-state index contributed by atoms with van der Waals surface area (Å²) in [5.41, 5.74) is -2.52. The van der Waals surface area contributed by atoms with E-state index in [1.807, 2.05) is 48.5 Å². The molecule has 1 rings (SSSR count). The largest absolute Gasteiger partial charge is 0.481 e. The molecule has 10 atom stereocenters. The molecule has 0 bridgehead atoms. The van der Waals surface area contributed by atoms with E-state index in [4.69, 9.17) is 19.3 Å². The number of aliphatic hydroxyl groups is 6. The number of aliphatic carboxylic acids is 1. The van der Waals surface area contributed by atoms with Crippen LogP contribution in [0.1, 0.15) is 573 Å². The van der Waals surface area contributed by atoms with Gasteiger partial charge in [0.05, 0.1) is 75.3 Å². The van der Waals surface area contributed by atoms with Crippen LogP contribution < -0.4 is 0 Å². The van der Waals surface area contributed by atoms with E-state index in [-0.39, 0.29) is 60.0 Å². The molecule has 1 fully saturated rings. The third-order valence-corrected chi connectivity index (χ3v) is 25.8. The molecule has 0 amide bonds. The topological polar surface area (TPSA) is 346 Å². The summed E-state index contributed by atoms with van der Waals surface area (Å²) in [5.74, 6) is -0.616. The zero-order valence-electron chi connectivity index (χ0n) is 93.2. The van der Waals surface area contributed by atoms with Crippen molar-refractivity contribution in [2.75, 3.05) is 28.4 Å². The second-order valence-corrected chi connectivity index (χ2v) is 43.3. The molecule has 1 saturated heterocycles. The van der Waals surface area contributed by atoms with Crippen LogP contribution in [0.4, 0.5) is 0 Å². The number of aldehydes is 1. The van der Waals surface area contributed by atoms with Crippen molar-refractivity contribution in [3.63, 3.8) is 0 Å². The van der Waals surface area contributed by atoms with Crippen molar-refractivity contribution in [2.45, 2.75) is 632 Å². The predicted molar refractivity (Wildman–Crippen MR) is 568 cm³/mol. The molecule has 820 valence electrons. The first-order valence-electron chi connectivity index (χ1n) is 56.4. The number of unbranched alkanes of at least 4 members (excludes halogenated alkanes) is 38. The molecule has 22 heteroatoms. The van der Waals surface area contributed by atoms with Gasteiger partial charge in [0, 0.05) is 51.4 Å². The molecule has 1 heterocycles. The van der Waals surface area contributed by atoms with Gasteiger partial charge in [-0.05, 0) is 207 Å². The van der Waals surface area contributed by atoms with Gasteiger partial charge in [0.1, 0.15) is 18.5 Å². The number of carboxylic acid groups (broad SMARTS) is 1. The standard InChI is InChI=1S/2C29H56O6.C19H36O3.C19H36O2.C10H20O3.C10H20O2/c1-6-7-8-9-12-15-20-26(25(30)19-14-11-10-13-16-21-27(31)34-5)35-28(32)23-24(2)18-17-22-29(3,4)33;1-6-7-8-9-11-14-19-25(30)26(20-15-12-10-13-16-21-27(31)34-5)35-28(32)23-24(2)18-17-22-29(3,4)33;1-3-4-5-6-8-11-14-17-18(22-17)15-12-9-7-10-13-16-19(20)21-2;1-3-4-5-6-7-8-9-10-11-12-13-14-15-16-17-18-19(20)21-2;1-8(7-9(11)12)5-4-6-10(2,3)13;1-9(6-8-11)5-4-7-10(2,3)12/h2*24-26,30,33H,6-23H2,1-5H3;17-18H,3-16H2,1-2H3;10-11H,3-9,12-18H2,1-2H3;8,13H,4-7H2,1-3H3,(H,11,12);8-9,12H,4-7H2,1-3H3/b;;;11-10-;;. The fourth-order valence-electron chi connectivity index (χ4n) is 16.7. The number of allylic oxidation sites excluding steroid dienone is 2. The number of esters is 6. The molecule has 1 aliphatic heterocycles. The molecule has 1 aliphatic rings. The fourth-order valence-corrected chi connectivity index (χ4v) is 16.7. The number of rotatable bonds is 88. The molecule has 10 unspecified atom stereocenters. The molecule has 22 nitrogen and oxygen atoms in total. The van der Waals surface area contributed by atoms with Gasteiger partial charge in [-0.1, -0.05) is 350 Å². The normalized spacial score (nSPS) is 14.8. The van der Waals surface area contributed by atoms with Gasteiger partial charge >= 0.3 is 41.8 Å². The maximum absolute atomic E-state index is 12.6. The number of aliphatic hydroxyl groups excluding tert-OH is 2. The number of carbonyl (C=O) groups excluding carboxylic acids is 7. The van der Waals surface area contributed by atoms with E-state index < -0.39 is 52.8 Å². The zero-order valence-corrected chi connectivity index (χ0v) is 93.2. The number of methoxy groups -OCH3 is 4. The maximum Gasteiger partial charge on any atom is 0.306 e. The van der Waals surface area contributed by atoms with Crippen LogP contribution in [0.5, 0.6) is 0 Å². The Labute approximate surface area is 847 Å².